The molecule has 0 bridgehead atoms. The second kappa shape index (κ2) is 13.2. The van der Waals surface area contributed by atoms with Crippen molar-refractivity contribution in [1.29, 1.82) is 0 Å². The van der Waals surface area contributed by atoms with Crippen LogP contribution >= 0.6 is 0 Å². The van der Waals surface area contributed by atoms with Crippen molar-refractivity contribution in [1.82, 2.24) is 34.9 Å². The number of benzene rings is 5. The molecule has 2 N–H and O–H groups in total. The molecule has 10 nitrogen and oxygen atoms in total. The summed E-state index contributed by atoms with van der Waals surface area (Å²) in [5.74, 6) is 0.944. The van der Waals surface area contributed by atoms with Crippen LogP contribution in [0.1, 0.15) is 0 Å². The molecule has 12 heteroatoms. The molecule has 5 aromatic carbocycles. The topological polar surface area (TPSA) is 119 Å². The summed E-state index contributed by atoms with van der Waals surface area (Å²) < 4.78 is 35.1. The first-order valence-electron chi connectivity index (χ1n) is 15.5. The Kier molecular flexibility index (Phi) is 7.99. The molecule has 0 unspecified atom stereocenters. The Morgan fingerprint density at radius 1 is 0.560 bits per heavy atom. The van der Waals surface area contributed by atoms with Gasteiger partial charge >= 0.3 is 0 Å². The monoisotopic (exact) mass is 661 g/mol. The Morgan fingerprint density at radius 2 is 1.14 bits per heavy atom. The molecular weight excluding hydrogens is 636 g/mol. The Hall–Kier alpha value is -7.08. The van der Waals surface area contributed by atoms with Gasteiger partial charge in [0.05, 0.1) is 11.9 Å². The molecule has 3 heterocycles. The van der Waals surface area contributed by atoms with Gasteiger partial charge in [0.15, 0.2) is 17.3 Å². The van der Waals surface area contributed by atoms with E-state index in [-0.39, 0.29) is 29.4 Å². The number of oxazole rings is 1. The number of nitrogens with one attached hydrogen (secondary N) is 2. The van der Waals surface area contributed by atoms with Gasteiger partial charge in [0.25, 0.3) is 0 Å². The minimum absolute atomic E-state index is 0.176. The number of anilines is 4. The lowest BCUT2D eigenvalue weighted by molar-refractivity contribution is 0.589. The van der Waals surface area contributed by atoms with E-state index in [2.05, 4.69) is 35.9 Å². The van der Waals surface area contributed by atoms with Crippen molar-refractivity contribution < 1.29 is 13.2 Å². The summed E-state index contributed by atoms with van der Waals surface area (Å²) in [4.78, 5) is 18.5. The van der Waals surface area contributed by atoms with Gasteiger partial charge in [-0.3, -0.25) is 0 Å². The molecule has 0 spiro atoms. The molecule has 0 atom stereocenters. The van der Waals surface area contributed by atoms with Crippen molar-refractivity contribution in [3.63, 3.8) is 0 Å². The fourth-order valence-electron chi connectivity index (χ4n) is 5.22. The van der Waals surface area contributed by atoms with Crippen LogP contribution in [-0.2, 0) is 0 Å². The van der Waals surface area contributed by atoms with Gasteiger partial charge in [-0.05, 0) is 66.7 Å². The van der Waals surface area contributed by atoms with E-state index in [0.29, 0.717) is 34.4 Å². The van der Waals surface area contributed by atoms with Crippen LogP contribution in [0.2, 0.25) is 0 Å². The summed E-state index contributed by atoms with van der Waals surface area (Å²) in [5, 5.41) is 14.8. The van der Waals surface area contributed by atoms with Crippen molar-refractivity contribution in [3.05, 3.63) is 151 Å². The molecule has 0 aliphatic rings. The third kappa shape index (κ3) is 6.53. The van der Waals surface area contributed by atoms with Crippen LogP contribution in [-0.4, -0.2) is 34.9 Å². The van der Waals surface area contributed by atoms with Crippen LogP contribution in [0.3, 0.4) is 0 Å². The molecule has 242 valence electrons. The van der Waals surface area contributed by atoms with Gasteiger partial charge in [0.2, 0.25) is 17.8 Å². The predicted molar refractivity (Wildman–Crippen MR) is 186 cm³/mol. The van der Waals surface area contributed by atoms with E-state index >= 15 is 0 Å². The summed E-state index contributed by atoms with van der Waals surface area (Å²) in [6.45, 7) is 0. The Labute approximate surface area is 284 Å². The first-order chi connectivity index (χ1) is 24.5. The lowest BCUT2D eigenvalue weighted by Crippen LogP contribution is -2.05. The highest BCUT2D eigenvalue weighted by Crippen LogP contribution is 2.36. The number of rotatable bonds is 9. The smallest absolute Gasteiger partial charge is 0.232 e. The number of nitrogens with zero attached hydrogens (tertiary/aromatic N) is 7. The number of aromatic nitrogens is 7. The molecule has 0 radical (unpaired) electrons. The van der Waals surface area contributed by atoms with Crippen LogP contribution in [0.5, 0.6) is 0 Å². The highest BCUT2D eigenvalue weighted by Gasteiger charge is 2.19. The maximum absolute atomic E-state index is 13.5. The Balaban J connectivity index is 1.13. The third-order valence-electron chi connectivity index (χ3n) is 7.63. The average Bonchev–Trinajstić information content (AvgIpc) is 3.84. The molecule has 0 aliphatic heterocycles. The zero-order valence-corrected chi connectivity index (χ0v) is 26.1. The van der Waals surface area contributed by atoms with Crippen molar-refractivity contribution in [3.8, 4) is 51.2 Å². The zero-order valence-electron chi connectivity index (χ0n) is 26.1. The fourth-order valence-corrected chi connectivity index (χ4v) is 5.22. The van der Waals surface area contributed by atoms with E-state index in [1.165, 1.54) is 24.3 Å². The van der Waals surface area contributed by atoms with E-state index < -0.39 is 0 Å². The standard InChI is InChI=1S/C38H25F2N9O/c39-27-14-18-29(19-15-27)41-37-44-35(45-38(46-37)42-30-20-16-28(40)17-21-30)32-23-49(48-47-32)31-13-7-12-26(22-31)36-43-33(24-8-3-1-4-9-24)34(50-36)25-10-5-2-6-11-25/h1-23H,(H2,41,42,44,45,46). The van der Waals surface area contributed by atoms with Crippen molar-refractivity contribution in [2.75, 3.05) is 10.6 Å². The summed E-state index contributed by atoms with van der Waals surface area (Å²) >= 11 is 0. The van der Waals surface area contributed by atoms with Gasteiger partial charge in [-0.15, -0.1) is 5.10 Å². The Bertz CT molecular complexity index is 2270. The molecule has 8 rings (SSSR count). The highest BCUT2D eigenvalue weighted by molar-refractivity contribution is 5.79. The van der Waals surface area contributed by atoms with E-state index in [1.54, 1.807) is 35.1 Å². The van der Waals surface area contributed by atoms with Gasteiger partial charge < -0.3 is 15.1 Å². The summed E-state index contributed by atoms with van der Waals surface area (Å²) in [6.07, 6.45) is 1.69. The molecule has 0 saturated carbocycles. The molecule has 0 fully saturated rings. The van der Waals surface area contributed by atoms with Crippen molar-refractivity contribution >= 4 is 23.3 Å². The predicted octanol–water partition coefficient (Wildman–Crippen LogP) is 8.87. The summed E-state index contributed by atoms with van der Waals surface area (Å²) in [5.41, 5.74) is 5.53. The molecule has 3 aromatic heterocycles. The molecule has 50 heavy (non-hydrogen) atoms. The van der Waals surface area contributed by atoms with Crippen LogP contribution < -0.4 is 10.6 Å². The van der Waals surface area contributed by atoms with Gasteiger partial charge in [-0.1, -0.05) is 71.9 Å². The first kappa shape index (κ1) is 30.3. The van der Waals surface area contributed by atoms with Crippen molar-refractivity contribution in [2.24, 2.45) is 0 Å². The van der Waals surface area contributed by atoms with Crippen LogP contribution in [0.25, 0.3) is 51.2 Å². The van der Waals surface area contributed by atoms with Gasteiger partial charge in [0.1, 0.15) is 17.3 Å². The lowest BCUT2D eigenvalue weighted by atomic mass is 10.1. The third-order valence-corrected chi connectivity index (χ3v) is 7.63. The number of hydrogen-bond acceptors (Lipinski definition) is 9. The zero-order chi connectivity index (χ0) is 33.9. The maximum atomic E-state index is 13.5. The molecular formula is C38H25F2N9O. The number of halogens is 2. The Morgan fingerprint density at radius 3 is 1.76 bits per heavy atom. The molecule has 8 aromatic rings. The van der Waals surface area contributed by atoms with Gasteiger partial charge in [-0.25, -0.2) is 18.4 Å². The maximum Gasteiger partial charge on any atom is 0.232 e. The van der Waals surface area contributed by atoms with Gasteiger partial charge in [-0.2, -0.15) is 15.0 Å². The normalized spacial score (nSPS) is 11.0. The molecule has 0 saturated heterocycles. The summed E-state index contributed by atoms with van der Waals surface area (Å²) in [6, 6.07) is 38.9. The quantitative estimate of drug-likeness (QED) is 0.156. The van der Waals surface area contributed by atoms with Crippen LogP contribution in [0, 0.1) is 11.6 Å². The minimum Gasteiger partial charge on any atom is -0.435 e. The largest absolute Gasteiger partial charge is 0.435 e. The van der Waals surface area contributed by atoms with Crippen LogP contribution in [0.4, 0.5) is 32.1 Å². The SMILES string of the molecule is Fc1ccc(Nc2nc(Nc3ccc(F)cc3)nc(-c3cn(-c4cccc(-c5nc(-c6ccccc6)c(-c6ccccc6)o5)c4)nn3)n2)cc1. The fraction of sp³-hybridized carbons (Fsp3) is 0. The minimum atomic E-state index is -0.373. The lowest BCUT2D eigenvalue weighted by Gasteiger charge is -2.09. The second-order valence-electron chi connectivity index (χ2n) is 11.1. The number of hydrogen-bond donors (Lipinski definition) is 2. The average molecular weight is 662 g/mol. The molecule has 0 aliphatic carbocycles. The van der Waals surface area contributed by atoms with Gasteiger partial charge in [0, 0.05) is 28.1 Å². The molecule has 0 amide bonds. The highest BCUT2D eigenvalue weighted by atomic mass is 19.1. The van der Waals surface area contributed by atoms with Crippen LogP contribution in [0.15, 0.2) is 144 Å². The van der Waals surface area contributed by atoms with Crippen molar-refractivity contribution in [2.45, 2.75) is 0 Å². The summed E-state index contributed by atoms with van der Waals surface area (Å²) in [7, 11) is 0. The van der Waals surface area contributed by atoms with E-state index in [4.69, 9.17) is 9.40 Å². The van der Waals surface area contributed by atoms with E-state index in [9.17, 15) is 8.78 Å². The first-order valence-corrected chi connectivity index (χ1v) is 15.5. The van der Waals surface area contributed by atoms with E-state index in [0.717, 1.165) is 22.4 Å². The van der Waals surface area contributed by atoms with E-state index in [1.807, 2.05) is 84.9 Å². The second-order valence-corrected chi connectivity index (χ2v) is 11.1.